The van der Waals surface area contributed by atoms with E-state index in [0.717, 1.165) is 0 Å². The van der Waals surface area contributed by atoms with Crippen LogP contribution in [0.4, 0.5) is 0 Å². The molecule has 15 heavy (non-hydrogen) atoms. The van der Waals surface area contributed by atoms with Gasteiger partial charge in [0.1, 0.15) is 6.10 Å². The largest absolute Gasteiger partial charge is 0.387 e. The Morgan fingerprint density at radius 2 is 2.20 bits per heavy atom. The summed E-state index contributed by atoms with van der Waals surface area (Å²) in [6.45, 7) is 9.15. The number of rotatable bonds is 2. The smallest absolute Gasteiger partial charge is 0.172 e. The average Bonchev–Trinajstić information content (AvgIpc) is 2.77. The molecule has 2 fully saturated rings. The van der Waals surface area contributed by atoms with Crippen molar-refractivity contribution in [3.8, 4) is 0 Å². The lowest BCUT2D eigenvalue weighted by molar-refractivity contribution is -0.138. The van der Waals surface area contributed by atoms with Gasteiger partial charge in [-0.05, 0) is 19.8 Å². The first kappa shape index (κ1) is 10.8. The van der Waals surface area contributed by atoms with Crippen molar-refractivity contribution < 1.29 is 14.6 Å². The summed E-state index contributed by atoms with van der Waals surface area (Å²) >= 11 is 0. The van der Waals surface area contributed by atoms with Crippen molar-refractivity contribution in [3.05, 3.63) is 12.7 Å². The second-order valence-electron chi connectivity index (χ2n) is 5.59. The van der Waals surface area contributed by atoms with Crippen LogP contribution >= 0.6 is 0 Å². The summed E-state index contributed by atoms with van der Waals surface area (Å²) < 4.78 is 5.43. The molecular weight excluding hydrogens is 192 g/mol. The molecule has 2 aliphatic rings. The topological polar surface area (TPSA) is 49.8 Å². The highest BCUT2D eigenvalue weighted by Gasteiger charge is 2.73. The lowest BCUT2D eigenvalue weighted by Gasteiger charge is -2.39. The predicted octanol–water partition coefficient (Wildman–Crippen LogP) is 1.45. The number of Topliss-reactive ketones (excluding diaryl/α,β-unsaturated/α-hetero) is 1. The van der Waals surface area contributed by atoms with E-state index >= 15 is 0 Å². The van der Waals surface area contributed by atoms with Crippen molar-refractivity contribution in [2.75, 3.05) is 0 Å². The molecule has 0 bridgehead atoms. The average molecular weight is 210 g/mol. The molecular formula is C12H18O3. The Labute approximate surface area is 90.1 Å². The van der Waals surface area contributed by atoms with E-state index in [4.69, 9.17) is 4.74 Å². The fourth-order valence-corrected chi connectivity index (χ4v) is 3.05. The van der Waals surface area contributed by atoms with E-state index in [2.05, 4.69) is 6.58 Å². The summed E-state index contributed by atoms with van der Waals surface area (Å²) in [7, 11) is 0. The monoisotopic (exact) mass is 210 g/mol. The summed E-state index contributed by atoms with van der Waals surface area (Å²) in [5.41, 5.74) is -2.20. The number of aliphatic hydroxyl groups is 1. The maximum atomic E-state index is 12.0. The molecule has 1 saturated heterocycles. The van der Waals surface area contributed by atoms with Crippen LogP contribution in [0.1, 0.15) is 33.6 Å². The zero-order chi connectivity index (χ0) is 11.5. The van der Waals surface area contributed by atoms with Gasteiger partial charge in [0, 0.05) is 5.41 Å². The fraction of sp³-hybridized carbons (Fsp3) is 0.750. The minimum Gasteiger partial charge on any atom is -0.387 e. The van der Waals surface area contributed by atoms with Crippen LogP contribution in [-0.2, 0) is 9.53 Å². The van der Waals surface area contributed by atoms with E-state index in [1.54, 1.807) is 13.0 Å². The maximum Gasteiger partial charge on any atom is 0.172 e. The quantitative estimate of drug-likeness (QED) is 0.554. The van der Waals surface area contributed by atoms with Gasteiger partial charge in [0.25, 0.3) is 0 Å². The first-order valence-corrected chi connectivity index (χ1v) is 5.32. The number of epoxide rings is 1. The highest BCUT2D eigenvalue weighted by Crippen LogP contribution is 2.56. The second-order valence-corrected chi connectivity index (χ2v) is 5.59. The SMILES string of the molecule is C=CC[C@@]1(O)CC(C)(C)C(=O)[C@@]2(C)O[C@@H]12. The molecule has 0 unspecified atom stereocenters. The van der Waals surface area contributed by atoms with E-state index in [-0.39, 0.29) is 11.9 Å². The second kappa shape index (κ2) is 2.71. The lowest BCUT2D eigenvalue weighted by atomic mass is 9.64. The molecule has 0 spiro atoms. The Bertz CT molecular complexity index is 327. The van der Waals surface area contributed by atoms with Gasteiger partial charge in [0.05, 0.1) is 5.60 Å². The van der Waals surface area contributed by atoms with Gasteiger partial charge < -0.3 is 9.84 Å². The van der Waals surface area contributed by atoms with Gasteiger partial charge in [-0.15, -0.1) is 6.58 Å². The van der Waals surface area contributed by atoms with Gasteiger partial charge in [-0.25, -0.2) is 0 Å². The molecule has 2 rings (SSSR count). The van der Waals surface area contributed by atoms with E-state index < -0.39 is 16.6 Å². The van der Waals surface area contributed by atoms with Crippen LogP contribution in [0.2, 0.25) is 0 Å². The Kier molecular flexibility index (Phi) is 1.96. The van der Waals surface area contributed by atoms with Gasteiger partial charge in [-0.2, -0.15) is 0 Å². The predicted molar refractivity (Wildman–Crippen MR) is 56.4 cm³/mol. The Balaban J connectivity index is 2.34. The highest BCUT2D eigenvalue weighted by molar-refractivity contribution is 5.96. The van der Waals surface area contributed by atoms with Crippen LogP contribution in [-0.4, -0.2) is 28.2 Å². The van der Waals surface area contributed by atoms with E-state index in [0.29, 0.717) is 12.8 Å². The molecule has 84 valence electrons. The third-order valence-corrected chi connectivity index (χ3v) is 3.61. The third-order valence-electron chi connectivity index (χ3n) is 3.61. The summed E-state index contributed by atoms with van der Waals surface area (Å²) in [5.74, 6) is 0.105. The standard InChI is InChI=1S/C12H18O3/c1-5-6-12(14)7-10(2,3)8(13)11(4)9(12)15-11/h5,9,14H,1,6-7H2,2-4H3/t9-,11-,12-/m1/s1. The molecule has 3 atom stereocenters. The van der Waals surface area contributed by atoms with Crippen LogP contribution in [0, 0.1) is 5.41 Å². The summed E-state index contributed by atoms with van der Waals surface area (Å²) in [5, 5.41) is 10.5. The molecule has 1 aliphatic heterocycles. The molecule has 1 saturated carbocycles. The van der Waals surface area contributed by atoms with Gasteiger partial charge in [0.15, 0.2) is 11.4 Å². The van der Waals surface area contributed by atoms with Gasteiger partial charge in [-0.3, -0.25) is 4.79 Å². The third kappa shape index (κ3) is 1.30. The molecule has 0 aromatic heterocycles. The van der Waals surface area contributed by atoms with Crippen molar-refractivity contribution in [1.29, 1.82) is 0 Å². The molecule has 1 aliphatic carbocycles. The van der Waals surface area contributed by atoms with E-state index in [1.807, 2.05) is 13.8 Å². The minimum absolute atomic E-state index is 0.105. The normalized spacial score (nSPS) is 47.2. The number of hydrogen-bond acceptors (Lipinski definition) is 3. The number of carbonyl (C=O) groups excluding carboxylic acids is 1. The molecule has 1 N–H and O–H groups in total. The minimum atomic E-state index is -0.923. The van der Waals surface area contributed by atoms with Crippen molar-refractivity contribution in [3.63, 3.8) is 0 Å². The number of ether oxygens (including phenoxy) is 1. The number of fused-ring (bicyclic) bond motifs is 1. The van der Waals surface area contributed by atoms with Gasteiger partial charge in [-0.1, -0.05) is 19.9 Å². The summed E-state index contributed by atoms with van der Waals surface area (Å²) in [4.78, 5) is 12.0. The van der Waals surface area contributed by atoms with Crippen molar-refractivity contribution >= 4 is 5.78 Å². The van der Waals surface area contributed by atoms with Crippen LogP contribution < -0.4 is 0 Å². The Morgan fingerprint density at radius 1 is 1.60 bits per heavy atom. The lowest BCUT2D eigenvalue weighted by Crippen LogP contribution is -2.54. The van der Waals surface area contributed by atoms with Gasteiger partial charge >= 0.3 is 0 Å². The molecule has 0 aromatic carbocycles. The summed E-state index contributed by atoms with van der Waals surface area (Å²) in [6, 6.07) is 0. The highest BCUT2D eigenvalue weighted by atomic mass is 16.6. The van der Waals surface area contributed by atoms with Crippen LogP contribution in [0.15, 0.2) is 12.7 Å². The molecule has 0 radical (unpaired) electrons. The molecule has 3 nitrogen and oxygen atoms in total. The molecule has 0 aromatic rings. The zero-order valence-corrected chi connectivity index (χ0v) is 9.54. The Morgan fingerprint density at radius 3 is 2.73 bits per heavy atom. The molecule has 0 amide bonds. The van der Waals surface area contributed by atoms with Crippen LogP contribution in [0.25, 0.3) is 0 Å². The number of ketones is 1. The maximum absolute atomic E-state index is 12.0. The number of hydrogen-bond donors (Lipinski definition) is 1. The van der Waals surface area contributed by atoms with Crippen molar-refractivity contribution in [2.45, 2.75) is 50.9 Å². The van der Waals surface area contributed by atoms with Gasteiger partial charge in [0.2, 0.25) is 0 Å². The fourth-order valence-electron chi connectivity index (χ4n) is 3.05. The van der Waals surface area contributed by atoms with E-state index in [9.17, 15) is 9.90 Å². The molecule has 1 heterocycles. The Hall–Kier alpha value is -0.670. The van der Waals surface area contributed by atoms with Crippen LogP contribution in [0.5, 0.6) is 0 Å². The number of carbonyl (C=O) groups is 1. The van der Waals surface area contributed by atoms with Crippen molar-refractivity contribution in [1.82, 2.24) is 0 Å². The van der Waals surface area contributed by atoms with E-state index in [1.165, 1.54) is 0 Å². The van der Waals surface area contributed by atoms with Crippen LogP contribution in [0.3, 0.4) is 0 Å². The summed E-state index contributed by atoms with van der Waals surface area (Å²) in [6.07, 6.45) is 2.27. The first-order chi connectivity index (χ1) is 6.76. The molecule has 3 heteroatoms. The zero-order valence-electron chi connectivity index (χ0n) is 9.54. The first-order valence-electron chi connectivity index (χ1n) is 5.32. The van der Waals surface area contributed by atoms with Crippen molar-refractivity contribution in [2.24, 2.45) is 5.41 Å².